The lowest BCUT2D eigenvalue weighted by Gasteiger charge is -2.35. The molecule has 2 heterocycles. The minimum atomic E-state index is 0.324. The van der Waals surface area contributed by atoms with Crippen LogP contribution in [-0.4, -0.2) is 29.2 Å². The van der Waals surface area contributed by atoms with Crippen LogP contribution < -0.4 is 5.73 Å². The Hall–Kier alpha value is -1.65. The molecule has 0 unspecified atom stereocenters. The Morgan fingerprint density at radius 3 is 2.72 bits per heavy atom. The molecule has 1 fully saturated rings. The Morgan fingerprint density at radius 1 is 1.33 bits per heavy atom. The predicted octanol–water partition coefficient (Wildman–Crippen LogP) is 1.79. The van der Waals surface area contributed by atoms with Crippen molar-refractivity contribution in [1.29, 1.82) is 0 Å². The zero-order valence-electron chi connectivity index (χ0n) is 10.5. The van der Waals surface area contributed by atoms with Gasteiger partial charge in [0.2, 0.25) is 0 Å². The van der Waals surface area contributed by atoms with Crippen molar-refractivity contribution in [1.82, 2.24) is 10.1 Å². The lowest BCUT2D eigenvalue weighted by molar-refractivity contribution is 0.127. The monoisotopic (exact) mass is 243 g/mol. The number of likely N-dealkylation sites (tertiary alicyclic amines) is 1. The van der Waals surface area contributed by atoms with Gasteiger partial charge in [-0.15, -0.1) is 0 Å². The molecule has 2 aromatic rings. The normalized spacial score (nSPS) is 16.8. The largest absolute Gasteiger partial charge is 0.359 e. The number of aryl methyl sites for hydroxylation is 1. The van der Waals surface area contributed by atoms with E-state index in [1.807, 2.05) is 6.07 Å². The SMILES string of the molecule is Cc1ccc(-c2cc(CN3CC(N)C3)on2)cc1. The van der Waals surface area contributed by atoms with E-state index in [2.05, 4.69) is 41.2 Å². The lowest BCUT2D eigenvalue weighted by Crippen LogP contribution is -2.54. The predicted molar refractivity (Wildman–Crippen MR) is 69.9 cm³/mol. The zero-order chi connectivity index (χ0) is 12.5. The van der Waals surface area contributed by atoms with E-state index in [4.69, 9.17) is 10.3 Å². The summed E-state index contributed by atoms with van der Waals surface area (Å²) >= 11 is 0. The summed E-state index contributed by atoms with van der Waals surface area (Å²) in [5.74, 6) is 0.900. The first-order valence-electron chi connectivity index (χ1n) is 6.21. The van der Waals surface area contributed by atoms with E-state index in [1.54, 1.807) is 0 Å². The van der Waals surface area contributed by atoms with E-state index in [-0.39, 0.29) is 0 Å². The number of rotatable bonds is 3. The average molecular weight is 243 g/mol. The highest BCUT2D eigenvalue weighted by Crippen LogP contribution is 2.21. The number of aromatic nitrogens is 1. The third-order valence-electron chi connectivity index (χ3n) is 3.27. The molecule has 1 aliphatic heterocycles. The van der Waals surface area contributed by atoms with Crippen molar-refractivity contribution in [2.24, 2.45) is 5.73 Å². The fourth-order valence-electron chi connectivity index (χ4n) is 2.21. The van der Waals surface area contributed by atoms with Gasteiger partial charge >= 0.3 is 0 Å². The van der Waals surface area contributed by atoms with E-state index in [1.165, 1.54) is 5.56 Å². The molecule has 1 aromatic heterocycles. The van der Waals surface area contributed by atoms with Crippen molar-refractivity contribution in [3.63, 3.8) is 0 Å². The second kappa shape index (κ2) is 4.55. The maximum atomic E-state index is 5.75. The first kappa shape index (κ1) is 11.4. The molecule has 0 aliphatic carbocycles. The molecule has 0 saturated carbocycles. The van der Waals surface area contributed by atoms with Gasteiger partial charge in [0.15, 0.2) is 5.76 Å². The minimum Gasteiger partial charge on any atom is -0.359 e. The Bertz CT molecular complexity index is 526. The summed E-state index contributed by atoms with van der Waals surface area (Å²) in [6.07, 6.45) is 0. The van der Waals surface area contributed by atoms with Crippen LogP contribution in [0.3, 0.4) is 0 Å². The maximum Gasteiger partial charge on any atom is 0.151 e. The minimum absolute atomic E-state index is 0.324. The molecule has 4 nitrogen and oxygen atoms in total. The Kier molecular flexibility index (Phi) is 2.89. The first-order chi connectivity index (χ1) is 8.70. The highest BCUT2D eigenvalue weighted by Gasteiger charge is 2.24. The lowest BCUT2D eigenvalue weighted by atomic mass is 10.1. The van der Waals surface area contributed by atoms with E-state index in [0.717, 1.165) is 36.7 Å². The summed E-state index contributed by atoms with van der Waals surface area (Å²) in [6, 6.07) is 10.6. The smallest absolute Gasteiger partial charge is 0.151 e. The summed E-state index contributed by atoms with van der Waals surface area (Å²) in [6.45, 7) is 4.76. The Morgan fingerprint density at radius 2 is 2.06 bits per heavy atom. The van der Waals surface area contributed by atoms with Gasteiger partial charge in [-0.3, -0.25) is 4.90 Å². The highest BCUT2D eigenvalue weighted by atomic mass is 16.5. The van der Waals surface area contributed by atoms with Crippen LogP contribution >= 0.6 is 0 Å². The van der Waals surface area contributed by atoms with E-state index >= 15 is 0 Å². The summed E-state index contributed by atoms with van der Waals surface area (Å²) in [7, 11) is 0. The van der Waals surface area contributed by atoms with Crippen LogP contribution in [0.4, 0.5) is 0 Å². The molecule has 0 atom stereocenters. The standard InChI is InChI=1S/C14H17N3O/c1-10-2-4-11(5-3-10)14-6-13(18-16-14)9-17-7-12(15)8-17/h2-6,12H,7-9,15H2,1H3. The fraction of sp³-hybridized carbons (Fsp3) is 0.357. The number of nitrogens with two attached hydrogens (primary N) is 1. The van der Waals surface area contributed by atoms with Crippen LogP contribution in [0.25, 0.3) is 11.3 Å². The number of nitrogens with zero attached hydrogens (tertiary/aromatic N) is 2. The van der Waals surface area contributed by atoms with Crippen molar-refractivity contribution in [2.75, 3.05) is 13.1 Å². The summed E-state index contributed by atoms with van der Waals surface area (Å²) in [5, 5.41) is 4.11. The summed E-state index contributed by atoms with van der Waals surface area (Å²) < 4.78 is 5.36. The first-order valence-corrected chi connectivity index (χ1v) is 6.21. The quantitative estimate of drug-likeness (QED) is 0.893. The molecule has 1 saturated heterocycles. The Labute approximate surface area is 106 Å². The van der Waals surface area contributed by atoms with Crippen LogP contribution in [0.2, 0.25) is 0 Å². The van der Waals surface area contributed by atoms with Crippen molar-refractivity contribution >= 4 is 0 Å². The molecule has 1 aliphatic rings. The third-order valence-corrected chi connectivity index (χ3v) is 3.27. The van der Waals surface area contributed by atoms with E-state index in [0.29, 0.717) is 6.04 Å². The van der Waals surface area contributed by atoms with Crippen LogP contribution in [0.5, 0.6) is 0 Å². The van der Waals surface area contributed by atoms with Crippen molar-refractivity contribution in [3.05, 3.63) is 41.7 Å². The highest BCUT2D eigenvalue weighted by molar-refractivity contribution is 5.59. The van der Waals surface area contributed by atoms with Gasteiger partial charge in [-0.05, 0) is 6.92 Å². The van der Waals surface area contributed by atoms with Gasteiger partial charge in [0.25, 0.3) is 0 Å². The number of hydrogen-bond acceptors (Lipinski definition) is 4. The van der Waals surface area contributed by atoms with Gasteiger partial charge in [-0.1, -0.05) is 35.0 Å². The molecule has 18 heavy (non-hydrogen) atoms. The molecule has 0 bridgehead atoms. The second-order valence-electron chi connectivity index (χ2n) is 5.00. The molecular formula is C14H17N3O. The molecule has 0 amide bonds. The van der Waals surface area contributed by atoms with Crippen molar-refractivity contribution in [3.8, 4) is 11.3 Å². The average Bonchev–Trinajstić information content (AvgIpc) is 2.77. The van der Waals surface area contributed by atoms with Gasteiger partial charge in [0.05, 0.1) is 6.54 Å². The molecule has 2 N–H and O–H groups in total. The third kappa shape index (κ3) is 2.30. The van der Waals surface area contributed by atoms with Crippen LogP contribution in [0.1, 0.15) is 11.3 Å². The molecule has 0 spiro atoms. The summed E-state index contributed by atoms with van der Waals surface area (Å²) in [5.41, 5.74) is 8.98. The second-order valence-corrected chi connectivity index (χ2v) is 5.00. The Balaban J connectivity index is 1.71. The van der Waals surface area contributed by atoms with Gasteiger partial charge in [-0.2, -0.15) is 0 Å². The number of hydrogen-bond donors (Lipinski definition) is 1. The van der Waals surface area contributed by atoms with Gasteiger partial charge in [0, 0.05) is 30.8 Å². The van der Waals surface area contributed by atoms with Gasteiger partial charge < -0.3 is 10.3 Å². The molecule has 4 heteroatoms. The summed E-state index contributed by atoms with van der Waals surface area (Å²) in [4.78, 5) is 2.25. The molecular weight excluding hydrogens is 226 g/mol. The van der Waals surface area contributed by atoms with Crippen LogP contribution in [0, 0.1) is 6.92 Å². The zero-order valence-corrected chi connectivity index (χ0v) is 10.5. The van der Waals surface area contributed by atoms with E-state index in [9.17, 15) is 0 Å². The molecule has 1 aromatic carbocycles. The number of benzene rings is 1. The van der Waals surface area contributed by atoms with Crippen LogP contribution in [0.15, 0.2) is 34.9 Å². The van der Waals surface area contributed by atoms with Gasteiger partial charge in [0.1, 0.15) is 5.69 Å². The molecule has 3 rings (SSSR count). The topological polar surface area (TPSA) is 55.3 Å². The maximum absolute atomic E-state index is 5.75. The molecule has 0 radical (unpaired) electrons. The molecule has 94 valence electrons. The van der Waals surface area contributed by atoms with Crippen LogP contribution in [-0.2, 0) is 6.54 Å². The van der Waals surface area contributed by atoms with Crippen molar-refractivity contribution in [2.45, 2.75) is 19.5 Å². The van der Waals surface area contributed by atoms with Gasteiger partial charge in [-0.25, -0.2) is 0 Å². The van der Waals surface area contributed by atoms with Crippen molar-refractivity contribution < 1.29 is 4.52 Å². The fourth-order valence-corrected chi connectivity index (χ4v) is 2.21. The van der Waals surface area contributed by atoms with E-state index < -0.39 is 0 Å².